The Labute approximate surface area is 230 Å². The topological polar surface area (TPSA) is 197 Å². The number of nitrogens with one attached hydrogen (secondary N) is 1. The van der Waals surface area contributed by atoms with Crippen molar-refractivity contribution in [1.29, 1.82) is 0 Å². The second kappa shape index (κ2) is 10.1. The molecule has 0 saturated heterocycles. The third-order valence-corrected chi connectivity index (χ3v) is 8.55. The van der Waals surface area contributed by atoms with Gasteiger partial charge in [-0.15, -0.1) is 0 Å². The summed E-state index contributed by atoms with van der Waals surface area (Å²) in [6, 6.07) is 1.67. The number of fused-ring (bicyclic) bond motifs is 3. The molecule has 0 heterocycles. The number of Topliss-reactive ketones (excluding diaryl/α,β-unsaturated/α-hetero) is 4. The van der Waals surface area contributed by atoms with Crippen LogP contribution in [0.2, 0.25) is 0 Å². The van der Waals surface area contributed by atoms with E-state index >= 15 is 0 Å². The lowest BCUT2D eigenvalue weighted by molar-refractivity contribution is -0.186. The number of hydrogen-bond donors (Lipinski definition) is 4. The molecule has 1 aromatic carbocycles. The van der Waals surface area contributed by atoms with Crippen molar-refractivity contribution in [3.8, 4) is 5.75 Å². The molecule has 13 heteroatoms. The van der Waals surface area contributed by atoms with Gasteiger partial charge in [0.2, 0.25) is 11.8 Å². The molecule has 6 atom stereocenters. The number of ketones is 4. The highest BCUT2D eigenvalue weighted by Gasteiger charge is 2.72. The van der Waals surface area contributed by atoms with Gasteiger partial charge in [-0.2, -0.15) is 0 Å². The van der Waals surface area contributed by atoms with Crippen LogP contribution in [0.5, 0.6) is 5.75 Å². The molecule has 5 N–H and O–H groups in total. The van der Waals surface area contributed by atoms with Gasteiger partial charge in [0.1, 0.15) is 12.4 Å². The Kier molecular flexibility index (Phi) is 7.37. The Bertz CT molecular complexity index is 1330. The van der Waals surface area contributed by atoms with Crippen molar-refractivity contribution in [1.82, 2.24) is 10.2 Å². The zero-order chi connectivity index (χ0) is 29.9. The molecule has 1 aromatic rings. The molecule has 0 aliphatic heterocycles. The Balaban J connectivity index is 1.98. The van der Waals surface area contributed by atoms with Crippen molar-refractivity contribution in [2.24, 2.45) is 28.9 Å². The molecular weight excluding hydrogens is 524 g/mol. The first-order chi connectivity index (χ1) is 18.6. The quantitative estimate of drug-likeness (QED) is 0.272. The fourth-order valence-corrected chi connectivity index (χ4v) is 6.89. The van der Waals surface area contributed by atoms with Crippen molar-refractivity contribution in [3.05, 3.63) is 23.3 Å². The van der Waals surface area contributed by atoms with E-state index in [0.29, 0.717) is 11.3 Å². The first kappa shape index (κ1) is 29.3. The van der Waals surface area contributed by atoms with Crippen LogP contribution in [0.3, 0.4) is 0 Å². The van der Waals surface area contributed by atoms with Gasteiger partial charge < -0.3 is 30.9 Å². The van der Waals surface area contributed by atoms with Crippen molar-refractivity contribution in [2.45, 2.75) is 24.5 Å². The lowest BCUT2D eigenvalue weighted by atomic mass is 9.46. The van der Waals surface area contributed by atoms with E-state index < -0.39 is 69.8 Å². The summed E-state index contributed by atoms with van der Waals surface area (Å²) in [5.41, 5.74) is 1.99. The summed E-state index contributed by atoms with van der Waals surface area (Å²) < 4.78 is 4.89. The van der Waals surface area contributed by atoms with E-state index in [-0.39, 0.29) is 37.3 Å². The number of amides is 2. The van der Waals surface area contributed by atoms with Crippen LogP contribution in [0.1, 0.15) is 22.3 Å². The van der Waals surface area contributed by atoms with Crippen LogP contribution in [0.4, 0.5) is 5.69 Å². The second-order valence-corrected chi connectivity index (χ2v) is 11.3. The lowest BCUT2D eigenvalue weighted by Crippen LogP contribution is -2.76. The molecule has 0 radical (unpaired) electrons. The number of methoxy groups -OCH3 is 1. The molecule has 2 saturated carbocycles. The van der Waals surface area contributed by atoms with Gasteiger partial charge in [0.25, 0.3) is 0 Å². The van der Waals surface area contributed by atoms with E-state index in [1.165, 1.54) is 32.2 Å². The number of carbonyl (C=O) groups excluding carboxylic acids is 6. The number of aliphatic hydroxyl groups is 1. The van der Waals surface area contributed by atoms with Gasteiger partial charge in [0.05, 0.1) is 17.5 Å². The molecule has 0 aromatic heterocycles. The molecule has 4 rings (SSSR count). The van der Waals surface area contributed by atoms with Gasteiger partial charge >= 0.3 is 0 Å². The maximum absolute atomic E-state index is 14.3. The number of nitrogens with zero attached hydrogens (tertiary/aromatic N) is 2. The lowest BCUT2D eigenvalue weighted by Gasteiger charge is -2.57. The maximum Gasteiger partial charge on any atom is 0.246 e. The van der Waals surface area contributed by atoms with Crippen molar-refractivity contribution < 1.29 is 43.7 Å². The third-order valence-electron chi connectivity index (χ3n) is 8.55. The molecule has 0 spiro atoms. The van der Waals surface area contributed by atoms with Crippen LogP contribution >= 0.6 is 0 Å². The number of aromatic hydroxyl groups is 1. The maximum atomic E-state index is 14.3. The fraction of sp³-hybridized carbons (Fsp3) is 0.556. The number of rotatable bonds is 7. The van der Waals surface area contributed by atoms with Crippen molar-refractivity contribution in [2.75, 3.05) is 53.4 Å². The van der Waals surface area contributed by atoms with Gasteiger partial charge in [0.15, 0.2) is 34.7 Å². The summed E-state index contributed by atoms with van der Waals surface area (Å²) in [5, 5.41) is 25.3. The second-order valence-electron chi connectivity index (χ2n) is 11.3. The number of phenols is 1. The number of benzene rings is 1. The van der Waals surface area contributed by atoms with Gasteiger partial charge in [-0.1, -0.05) is 0 Å². The normalized spacial score (nSPS) is 31.4. The smallest absolute Gasteiger partial charge is 0.246 e. The van der Waals surface area contributed by atoms with Crippen LogP contribution in [0.15, 0.2) is 12.1 Å². The van der Waals surface area contributed by atoms with E-state index in [2.05, 4.69) is 5.32 Å². The highest BCUT2D eigenvalue weighted by Crippen LogP contribution is 2.57. The molecule has 0 bridgehead atoms. The number of phenolic OH excluding ortho intramolecular Hbond substituents is 1. The summed E-state index contributed by atoms with van der Waals surface area (Å²) in [6.07, 6.45) is -0.222. The zero-order valence-electron chi connectivity index (χ0n) is 23.0. The predicted octanol–water partition coefficient (Wildman–Crippen LogP) is -1.93. The summed E-state index contributed by atoms with van der Waals surface area (Å²) in [5.74, 6) is -11.6. The summed E-state index contributed by atoms with van der Waals surface area (Å²) in [6.45, 7) is -0.526. The molecule has 3 aliphatic rings. The molecule has 216 valence electrons. The van der Waals surface area contributed by atoms with Gasteiger partial charge in [-0.3, -0.25) is 33.7 Å². The number of anilines is 1. The first-order valence-corrected chi connectivity index (χ1v) is 12.8. The van der Waals surface area contributed by atoms with E-state index in [1.54, 1.807) is 25.1 Å². The number of ether oxygens (including phenoxy) is 1. The predicted molar refractivity (Wildman–Crippen MR) is 140 cm³/mol. The minimum absolute atomic E-state index is 0.00594. The van der Waals surface area contributed by atoms with Crippen LogP contribution in [-0.4, -0.2) is 110 Å². The summed E-state index contributed by atoms with van der Waals surface area (Å²) >= 11 is 0. The first-order valence-electron chi connectivity index (χ1n) is 12.8. The summed E-state index contributed by atoms with van der Waals surface area (Å²) in [4.78, 5) is 83.2. The Hall–Kier alpha value is -3.68. The Morgan fingerprint density at radius 2 is 1.77 bits per heavy atom. The fourth-order valence-electron chi connectivity index (χ4n) is 6.89. The van der Waals surface area contributed by atoms with E-state index in [9.17, 15) is 39.0 Å². The number of carbonyl (C=O) groups is 6. The van der Waals surface area contributed by atoms with Crippen LogP contribution in [-0.2, 0) is 35.1 Å². The summed E-state index contributed by atoms with van der Waals surface area (Å²) in [7, 11) is 7.82. The molecule has 13 nitrogen and oxygen atoms in total. The molecule has 2 fully saturated rings. The highest BCUT2D eigenvalue weighted by molar-refractivity contribution is 6.32. The average molecular weight is 559 g/mol. The van der Waals surface area contributed by atoms with Crippen LogP contribution in [0, 0.1) is 23.2 Å². The zero-order valence-corrected chi connectivity index (χ0v) is 23.0. The minimum Gasteiger partial charge on any atom is -0.507 e. The Morgan fingerprint density at radius 3 is 2.33 bits per heavy atom. The molecule has 3 aliphatic carbocycles. The molecule has 40 heavy (non-hydrogen) atoms. The van der Waals surface area contributed by atoms with E-state index in [1.807, 2.05) is 0 Å². The molecule has 2 amide bonds. The van der Waals surface area contributed by atoms with Gasteiger partial charge in [-0.25, -0.2) is 0 Å². The average Bonchev–Trinajstić information content (AvgIpc) is 2.84. The van der Waals surface area contributed by atoms with Gasteiger partial charge in [0, 0.05) is 44.8 Å². The number of nitrogens with two attached hydrogens (primary N) is 1. The van der Waals surface area contributed by atoms with Crippen LogP contribution < -0.4 is 16.0 Å². The highest BCUT2D eigenvalue weighted by atomic mass is 16.5. The van der Waals surface area contributed by atoms with E-state index in [4.69, 9.17) is 10.5 Å². The molecule has 2 unspecified atom stereocenters. The third kappa shape index (κ3) is 4.11. The Morgan fingerprint density at radius 1 is 1.12 bits per heavy atom. The van der Waals surface area contributed by atoms with Crippen molar-refractivity contribution >= 4 is 40.6 Å². The minimum atomic E-state index is -2.88. The van der Waals surface area contributed by atoms with E-state index in [0.717, 1.165) is 0 Å². The number of likely N-dealkylation sites (N-methyl/N-ethyl adjacent to an activating group) is 1. The van der Waals surface area contributed by atoms with Gasteiger partial charge in [-0.05, 0) is 44.6 Å². The van der Waals surface area contributed by atoms with Crippen LogP contribution in [0.25, 0.3) is 0 Å². The largest absolute Gasteiger partial charge is 0.507 e. The number of primary amides is 1. The van der Waals surface area contributed by atoms with Crippen molar-refractivity contribution in [3.63, 3.8) is 0 Å². The SMILES string of the molecule is COCC(=O)NC[C@@]12Cc3c(N(C)C)ccc(O)c3C(=O)C1C(=O)[C@]1(O)C(=O)C(C(N)=O)C(=O)[C@@H](N(C)C)[C@@H]1C2. The standard InChI is InChI=1S/C27H34N4O9/c1-30(2)14-6-7-15(32)17-12(14)8-26(11-29-16(33)10-40-5)9-13-20(31(3)4)22(35)18(25(28)38)23(36)27(13,39)24(37)19(26)21(17)34/h6-7,13,18-20,32,39H,8-11H2,1-5H3,(H2,28,38)(H,29,33)/t13-,18?,19?,20-,26-,27+/m0/s1. The molecular formula is C27H34N4O9. The number of hydrogen-bond acceptors (Lipinski definition) is 11. The monoisotopic (exact) mass is 558 g/mol.